The van der Waals surface area contributed by atoms with Gasteiger partial charge >= 0.3 is 6.09 Å². The fourth-order valence-electron chi connectivity index (χ4n) is 4.00. The molecule has 0 bridgehead atoms. The van der Waals surface area contributed by atoms with Crippen LogP contribution in [0.15, 0.2) is 29.2 Å². The topological polar surface area (TPSA) is 78.7 Å². The van der Waals surface area contributed by atoms with Crippen LogP contribution in [0.3, 0.4) is 0 Å². The molecule has 152 valence electrons. The summed E-state index contributed by atoms with van der Waals surface area (Å²) in [5, 5.41) is 9.57. The van der Waals surface area contributed by atoms with Gasteiger partial charge in [-0.1, -0.05) is 0 Å². The first-order valence-electron chi connectivity index (χ1n) is 9.56. The van der Waals surface area contributed by atoms with Crippen LogP contribution in [0.5, 0.6) is 0 Å². The van der Waals surface area contributed by atoms with E-state index in [1.807, 2.05) is 20.8 Å². The second kappa shape index (κ2) is 7.87. The number of amides is 1. The van der Waals surface area contributed by atoms with Gasteiger partial charge < -0.3 is 19.5 Å². The molecule has 1 saturated heterocycles. The Bertz CT molecular complexity index is 914. The Morgan fingerprint density at radius 1 is 1.29 bits per heavy atom. The minimum Gasteiger partial charge on any atom is -0.465 e. The molecule has 2 heterocycles. The lowest BCUT2D eigenvalue weighted by Crippen LogP contribution is -2.54. The molecule has 1 fully saturated rings. The summed E-state index contributed by atoms with van der Waals surface area (Å²) in [5.74, 6) is -0.398. The summed E-state index contributed by atoms with van der Waals surface area (Å²) in [6.45, 7) is 8.33. The summed E-state index contributed by atoms with van der Waals surface area (Å²) in [6, 6.07) is 4.23. The van der Waals surface area contributed by atoms with Crippen molar-refractivity contribution in [2.24, 2.45) is 0 Å². The summed E-state index contributed by atoms with van der Waals surface area (Å²) < 4.78 is 15.2. The molecule has 1 amide bonds. The van der Waals surface area contributed by atoms with Crippen molar-refractivity contribution in [3.05, 3.63) is 40.6 Å². The Balaban J connectivity index is 1.66. The van der Waals surface area contributed by atoms with Crippen molar-refractivity contribution in [1.82, 2.24) is 19.4 Å². The number of nitrogens with zero attached hydrogens (tertiary/aromatic N) is 4. The van der Waals surface area contributed by atoms with Gasteiger partial charge in [0.1, 0.15) is 5.82 Å². The highest BCUT2D eigenvalue weighted by Crippen LogP contribution is 2.24. The highest BCUT2D eigenvalue weighted by Gasteiger charge is 2.35. The largest absolute Gasteiger partial charge is 0.465 e. The molecule has 28 heavy (non-hydrogen) atoms. The Morgan fingerprint density at radius 2 is 1.96 bits per heavy atom. The molecule has 0 atom stereocenters. The van der Waals surface area contributed by atoms with E-state index in [2.05, 4.69) is 9.88 Å². The van der Waals surface area contributed by atoms with Gasteiger partial charge in [0.15, 0.2) is 0 Å². The number of carboxylic acid groups (broad SMARTS) is 1. The Kier molecular flexibility index (Phi) is 5.69. The first-order chi connectivity index (χ1) is 13.2. The lowest BCUT2D eigenvalue weighted by atomic mass is 9.97. The SMILES string of the molecule is CC(C)(C)N(C(=O)O)C1CCN(CCn2c(=O)cnc3ccc(F)cc32)CC1. The maximum atomic E-state index is 13.6. The van der Waals surface area contributed by atoms with E-state index in [-0.39, 0.29) is 11.6 Å². The Labute approximate surface area is 163 Å². The molecule has 0 saturated carbocycles. The number of halogens is 1. The minimum absolute atomic E-state index is 0.00711. The molecule has 1 aromatic heterocycles. The van der Waals surface area contributed by atoms with Crippen molar-refractivity contribution in [2.45, 2.75) is 51.7 Å². The van der Waals surface area contributed by atoms with Gasteiger partial charge in [0.2, 0.25) is 0 Å². The summed E-state index contributed by atoms with van der Waals surface area (Å²) >= 11 is 0. The molecule has 1 aliphatic heterocycles. The summed E-state index contributed by atoms with van der Waals surface area (Å²) in [5.41, 5.74) is 0.387. The molecule has 1 N–H and O–H groups in total. The lowest BCUT2D eigenvalue weighted by Gasteiger charge is -2.43. The highest BCUT2D eigenvalue weighted by atomic mass is 19.1. The predicted octanol–water partition coefficient (Wildman–Crippen LogP) is 2.78. The fraction of sp³-hybridized carbons (Fsp3) is 0.550. The molecule has 7 nitrogen and oxygen atoms in total. The van der Waals surface area contributed by atoms with Gasteiger partial charge in [0, 0.05) is 37.8 Å². The smallest absolute Gasteiger partial charge is 0.407 e. The third-order valence-electron chi connectivity index (χ3n) is 5.30. The molecule has 0 aliphatic carbocycles. The highest BCUT2D eigenvalue weighted by molar-refractivity contribution is 5.74. The van der Waals surface area contributed by atoms with Gasteiger partial charge in [0.25, 0.3) is 5.56 Å². The summed E-state index contributed by atoms with van der Waals surface area (Å²) in [7, 11) is 0. The third-order valence-corrected chi connectivity index (χ3v) is 5.30. The van der Waals surface area contributed by atoms with Crippen LogP contribution in [0.1, 0.15) is 33.6 Å². The number of likely N-dealkylation sites (tertiary alicyclic amines) is 1. The van der Waals surface area contributed by atoms with E-state index >= 15 is 0 Å². The molecule has 0 spiro atoms. The lowest BCUT2D eigenvalue weighted by molar-refractivity contribution is 0.0417. The van der Waals surface area contributed by atoms with E-state index in [4.69, 9.17) is 0 Å². The van der Waals surface area contributed by atoms with Crippen LogP contribution in [-0.4, -0.2) is 61.8 Å². The maximum absolute atomic E-state index is 13.6. The van der Waals surface area contributed by atoms with Crippen LogP contribution in [0.2, 0.25) is 0 Å². The Hall–Kier alpha value is -2.48. The fourth-order valence-corrected chi connectivity index (χ4v) is 4.00. The molecular formula is C20H27FN4O3. The maximum Gasteiger partial charge on any atom is 0.407 e. The van der Waals surface area contributed by atoms with E-state index in [9.17, 15) is 19.1 Å². The summed E-state index contributed by atoms with van der Waals surface area (Å²) in [6.07, 6.45) is 1.89. The predicted molar refractivity (Wildman–Crippen MR) is 105 cm³/mol. The van der Waals surface area contributed by atoms with Gasteiger partial charge in [0.05, 0.1) is 17.2 Å². The molecule has 8 heteroatoms. The van der Waals surface area contributed by atoms with Crippen molar-refractivity contribution in [1.29, 1.82) is 0 Å². The van der Waals surface area contributed by atoms with Gasteiger partial charge in [-0.25, -0.2) is 14.2 Å². The number of carbonyl (C=O) groups is 1. The molecule has 0 unspecified atom stereocenters. The minimum atomic E-state index is -0.886. The van der Waals surface area contributed by atoms with E-state index in [1.54, 1.807) is 15.5 Å². The molecule has 3 rings (SSSR count). The zero-order valence-electron chi connectivity index (χ0n) is 16.6. The molecule has 2 aromatic rings. The third kappa shape index (κ3) is 4.32. The molecule has 1 aliphatic rings. The van der Waals surface area contributed by atoms with Gasteiger partial charge in [-0.15, -0.1) is 0 Å². The van der Waals surface area contributed by atoms with Crippen LogP contribution in [0.4, 0.5) is 9.18 Å². The van der Waals surface area contributed by atoms with Crippen LogP contribution >= 0.6 is 0 Å². The van der Waals surface area contributed by atoms with Gasteiger partial charge in [-0.2, -0.15) is 0 Å². The first kappa shape index (κ1) is 20.3. The second-order valence-corrected chi connectivity index (χ2v) is 8.28. The van der Waals surface area contributed by atoms with E-state index in [0.717, 1.165) is 25.9 Å². The van der Waals surface area contributed by atoms with E-state index in [0.29, 0.717) is 24.1 Å². The Morgan fingerprint density at radius 3 is 2.57 bits per heavy atom. The van der Waals surface area contributed by atoms with Crippen molar-refractivity contribution in [3.63, 3.8) is 0 Å². The zero-order chi connectivity index (χ0) is 20.5. The van der Waals surface area contributed by atoms with Crippen molar-refractivity contribution < 1.29 is 14.3 Å². The number of hydrogen-bond donors (Lipinski definition) is 1. The van der Waals surface area contributed by atoms with E-state index < -0.39 is 17.4 Å². The zero-order valence-corrected chi connectivity index (χ0v) is 16.6. The number of fused-ring (bicyclic) bond motifs is 1. The monoisotopic (exact) mass is 390 g/mol. The average Bonchev–Trinajstić information content (AvgIpc) is 2.60. The van der Waals surface area contributed by atoms with Crippen molar-refractivity contribution in [2.75, 3.05) is 19.6 Å². The van der Waals surface area contributed by atoms with Crippen LogP contribution < -0.4 is 5.56 Å². The van der Waals surface area contributed by atoms with Crippen molar-refractivity contribution in [3.8, 4) is 0 Å². The quantitative estimate of drug-likeness (QED) is 0.869. The number of aromatic nitrogens is 2. The van der Waals surface area contributed by atoms with Gasteiger partial charge in [-0.05, 0) is 51.8 Å². The molecule has 0 radical (unpaired) electrons. The number of rotatable bonds is 4. The van der Waals surface area contributed by atoms with Gasteiger partial charge in [-0.3, -0.25) is 4.79 Å². The number of benzene rings is 1. The number of hydrogen-bond acceptors (Lipinski definition) is 4. The normalized spacial score (nSPS) is 16.4. The number of piperidine rings is 1. The van der Waals surface area contributed by atoms with E-state index in [1.165, 1.54) is 18.3 Å². The second-order valence-electron chi connectivity index (χ2n) is 8.28. The summed E-state index contributed by atoms with van der Waals surface area (Å²) in [4.78, 5) is 31.7. The standard InChI is InChI=1S/C20H27FN4O3/c1-20(2,3)25(19(27)28)15-6-8-23(9-7-15)10-11-24-17-12-14(21)4-5-16(17)22-13-18(24)26/h4-5,12-13,15H,6-11H2,1-3H3,(H,27,28). The average molecular weight is 390 g/mol. The van der Waals surface area contributed by atoms with Crippen LogP contribution in [0, 0.1) is 5.82 Å². The van der Waals surface area contributed by atoms with Crippen LogP contribution in [-0.2, 0) is 6.54 Å². The molecular weight excluding hydrogens is 363 g/mol. The van der Waals surface area contributed by atoms with Crippen LogP contribution in [0.25, 0.3) is 11.0 Å². The molecule has 1 aromatic carbocycles. The first-order valence-corrected chi connectivity index (χ1v) is 9.56. The van der Waals surface area contributed by atoms with Crippen molar-refractivity contribution >= 4 is 17.1 Å².